The molecule has 1 N–H and O–H groups in total. The van der Waals surface area contributed by atoms with E-state index >= 15 is 0 Å². The van der Waals surface area contributed by atoms with Crippen molar-refractivity contribution in [3.8, 4) is 0 Å². The molecule has 0 bridgehead atoms. The normalized spacial score (nSPS) is 18.3. The Morgan fingerprint density at radius 1 is 1.21 bits per heavy atom. The third kappa shape index (κ3) is 4.00. The summed E-state index contributed by atoms with van der Waals surface area (Å²) in [5.74, 6) is -1.96. The number of nitro groups is 1. The first kappa shape index (κ1) is 20.5. The van der Waals surface area contributed by atoms with E-state index in [2.05, 4.69) is 0 Å². The average molecular weight is 415 g/mol. The molecule has 1 saturated heterocycles. The number of nitrogens with zero attached hydrogens (tertiary/aromatic N) is 2. The number of rotatable bonds is 6. The van der Waals surface area contributed by atoms with Crippen LogP contribution in [0.4, 0.5) is 5.69 Å². The Hall–Kier alpha value is -3.19. The molecule has 2 aromatic rings. The van der Waals surface area contributed by atoms with Gasteiger partial charge in [0.05, 0.1) is 16.5 Å². The molecule has 3 rings (SSSR count). The highest BCUT2D eigenvalue weighted by atomic mass is 35.5. The number of aliphatic hydroxyl groups is 1. The summed E-state index contributed by atoms with van der Waals surface area (Å²) in [5, 5.41) is 22.4. The molecular weight excluding hydrogens is 396 g/mol. The number of unbranched alkanes of at least 4 members (excludes halogenated alkanes) is 1. The summed E-state index contributed by atoms with van der Waals surface area (Å²) in [5.41, 5.74) is 0.412. The fourth-order valence-corrected chi connectivity index (χ4v) is 3.48. The summed E-state index contributed by atoms with van der Waals surface area (Å²) in [7, 11) is 0. The third-order valence-corrected chi connectivity index (χ3v) is 5.06. The van der Waals surface area contributed by atoms with Gasteiger partial charge in [-0.1, -0.05) is 49.2 Å². The molecule has 1 amide bonds. The SMILES string of the molecule is CCCCN1C(=O)C(=O)/C(=C(\O)c2cccc([N+](=O)[O-])c2)C1c1ccc(Cl)cc1. The monoisotopic (exact) mass is 414 g/mol. The van der Waals surface area contributed by atoms with Crippen molar-refractivity contribution >= 4 is 34.7 Å². The molecule has 1 aliphatic heterocycles. The van der Waals surface area contributed by atoms with Crippen LogP contribution in [0.25, 0.3) is 5.76 Å². The largest absolute Gasteiger partial charge is 0.507 e. The van der Waals surface area contributed by atoms with Gasteiger partial charge < -0.3 is 10.0 Å². The van der Waals surface area contributed by atoms with Gasteiger partial charge >= 0.3 is 0 Å². The van der Waals surface area contributed by atoms with Gasteiger partial charge in [-0.05, 0) is 24.1 Å². The molecule has 1 unspecified atom stereocenters. The van der Waals surface area contributed by atoms with E-state index in [0.717, 1.165) is 6.42 Å². The summed E-state index contributed by atoms with van der Waals surface area (Å²) < 4.78 is 0. The average Bonchev–Trinajstić information content (AvgIpc) is 2.97. The predicted molar refractivity (Wildman–Crippen MR) is 108 cm³/mol. The van der Waals surface area contributed by atoms with Crippen molar-refractivity contribution in [1.82, 2.24) is 4.90 Å². The van der Waals surface area contributed by atoms with E-state index in [-0.39, 0.29) is 16.8 Å². The number of likely N-dealkylation sites (tertiary alicyclic amines) is 1. The Labute approximate surface area is 172 Å². The van der Waals surface area contributed by atoms with Gasteiger partial charge in [-0.15, -0.1) is 0 Å². The van der Waals surface area contributed by atoms with Crippen molar-refractivity contribution in [1.29, 1.82) is 0 Å². The van der Waals surface area contributed by atoms with Crippen molar-refractivity contribution in [2.45, 2.75) is 25.8 Å². The molecule has 0 saturated carbocycles. The molecular formula is C21H19ClN2O5. The van der Waals surface area contributed by atoms with E-state index < -0.39 is 28.4 Å². The highest BCUT2D eigenvalue weighted by molar-refractivity contribution is 6.46. The number of amides is 1. The molecule has 150 valence electrons. The number of hydrogen-bond donors (Lipinski definition) is 1. The van der Waals surface area contributed by atoms with Gasteiger partial charge in [0.15, 0.2) is 0 Å². The number of carbonyl (C=O) groups excluding carboxylic acids is 2. The zero-order valence-electron chi connectivity index (χ0n) is 15.7. The molecule has 0 aliphatic carbocycles. The number of Topliss-reactive ketones (excluding diaryl/α,β-unsaturated/α-hetero) is 1. The van der Waals surface area contributed by atoms with Gasteiger partial charge in [0.2, 0.25) is 0 Å². The lowest BCUT2D eigenvalue weighted by molar-refractivity contribution is -0.384. The molecule has 1 heterocycles. The smallest absolute Gasteiger partial charge is 0.295 e. The number of ketones is 1. The van der Waals surface area contributed by atoms with Gasteiger partial charge in [-0.25, -0.2) is 0 Å². The number of hydrogen-bond acceptors (Lipinski definition) is 5. The van der Waals surface area contributed by atoms with E-state index in [9.17, 15) is 24.8 Å². The Morgan fingerprint density at radius 3 is 2.52 bits per heavy atom. The van der Waals surface area contributed by atoms with Gasteiger partial charge in [-0.2, -0.15) is 0 Å². The Bertz CT molecular complexity index is 1000. The fraction of sp³-hybridized carbons (Fsp3) is 0.238. The predicted octanol–water partition coefficient (Wildman–Crippen LogP) is 4.47. The lowest BCUT2D eigenvalue weighted by atomic mass is 9.95. The van der Waals surface area contributed by atoms with Crippen LogP contribution in [0.15, 0.2) is 54.1 Å². The quantitative estimate of drug-likeness (QED) is 0.247. The van der Waals surface area contributed by atoms with Crippen LogP contribution in [0, 0.1) is 10.1 Å². The summed E-state index contributed by atoms with van der Waals surface area (Å²) in [6, 6.07) is 11.2. The van der Waals surface area contributed by atoms with Crippen LogP contribution in [0.2, 0.25) is 5.02 Å². The standard InChI is InChI=1S/C21H19ClN2O5/c1-2-3-11-23-18(13-7-9-15(22)10-8-13)17(20(26)21(23)27)19(25)14-5-4-6-16(12-14)24(28)29/h4-10,12,18,25H,2-3,11H2,1H3/b19-17-. The number of benzene rings is 2. The van der Waals surface area contributed by atoms with Crippen molar-refractivity contribution in [2.24, 2.45) is 0 Å². The molecule has 1 fully saturated rings. The first-order valence-electron chi connectivity index (χ1n) is 9.13. The number of halogens is 1. The summed E-state index contributed by atoms with van der Waals surface area (Å²) in [6.45, 7) is 2.32. The van der Waals surface area contributed by atoms with Crippen molar-refractivity contribution in [2.75, 3.05) is 6.54 Å². The van der Waals surface area contributed by atoms with Crippen molar-refractivity contribution in [3.05, 3.63) is 80.4 Å². The summed E-state index contributed by atoms with van der Waals surface area (Å²) in [4.78, 5) is 37.4. The lowest BCUT2D eigenvalue weighted by Crippen LogP contribution is -2.30. The fourth-order valence-electron chi connectivity index (χ4n) is 3.35. The van der Waals surface area contributed by atoms with Crippen LogP contribution < -0.4 is 0 Å². The molecule has 0 aromatic heterocycles. The first-order chi connectivity index (χ1) is 13.8. The summed E-state index contributed by atoms with van der Waals surface area (Å²) in [6.07, 6.45) is 1.51. The van der Waals surface area contributed by atoms with Gasteiger partial charge in [0.1, 0.15) is 5.76 Å². The molecule has 8 heteroatoms. The second kappa shape index (κ2) is 8.45. The Balaban J connectivity index is 2.17. The van der Waals surface area contributed by atoms with Crippen LogP contribution in [0.1, 0.15) is 36.9 Å². The molecule has 0 spiro atoms. The maximum atomic E-state index is 12.8. The molecule has 29 heavy (non-hydrogen) atoms. The zero-order valence-corrected chi connectivity index (χ0v) is 16.4. The van der Waals surface area contributed by atoms with Crippen molar-refractivity contribution < 1.29 is 19.6 Å². The molecule has 1 atom stereocenters. The second-order valence-corrected chi connectivity index (χ2v) is 7.14. The molecule has 7 nitrogen and oxygen atoms in total. The molecule has 2 aromatic carbocycles. The highest BCUT2D eigenvalue weighted by Gasteiger charge is 2.45. The Morgan fingerprint density at radius 2 is 1.90 bits per heavy atom. The highest BCUT2D eigenvalue weighted by Crippen LogP contribution is 2.40. The van der Waals surface area contributed by atoms with Crippen LogP contribution in [0.5, 0.6) is 0 Å². The van der Waals surface area contributed by atoms with Gasteiger partial charge in [-0.3, -0.25) is 19.7 Å². The van der Waals surface area contributed by atoms with E-state index in [1.807, 2.05) is 6.92 Å². The number of aliphatic hydroxyl groups excluding tert-OH is 1. The molecule has 1 aliphatic rings. The minimum atomic E-state index is -0.815. The second-order valence-electron chi connectivity index (χ2n) is 6.71. The van der Waals surface area contributed by atoms with E-state index in [4.69, 9.17) is 11.6 Å². The zero-order chi connectivity index (χ0) is 21.1. The minimum Gasteiger partial charge on any atom is -0.507 e. The van der Waals surface area contributed by atoms with Crippen LogP contribution in [0.3, 0.4) is 0 Å². The first-order valence-corrected chi connectivity index (χ1v) is 9.51. The topological polar surface area (TPSA) is 101 Å². The summed E-state index contributed by atoms with van der Waals surface area (Å²) >= 11 is 5.96. The maximum Gasteiger partial charge on any atom is 0.295 e. The minimum absolute atomic E-state index is 0.0890. The maximum absolute atomic E-state index is 12.8. The van der Waals surface area contributed by atoms with Crippen LogP contribution >= 0.6 is 11.6 Å². The number of carbonyl (C=O) groups is 2. The number of non-ortho nitro benzene ring substituents is 1. The van der Waals surface area contributed by atoms with Crippen LogP contribution in [-0.2, 0) is 9.59 Å². The van der Waals surface area contributed by atoms with E-state index in [1.54, 1.807) is 24.3 Å². The number of nitro benzene ring substituents is 1. The molecule has 0 radical (unpaired) electrons. The third-order valence-electron chi connectivity index (χ3n) is 4.81. The van der Waals surface area contributed by atoms with Crippen molar-refractivity contribution in [3.63, 3.8) is 0 Å². The Kier molecular flexibility index (Phi) is 5.98. The van der Waals surface area contributed by atoms with E-state index in [0.29, 0.717) is 23.6 Å². The van der Waals surface area contributed by atoms with Crippen LogP contribution in [-0.4, -0.2) is 33.2 Å². The van der Waals surface area contributed by atoms with E-state index in [1.165, 1.54) is 29.2 Å². The van der Waals surface area contributed by atoms with Gasteiger partial charge in [0.25, 0.3) is 17.4 Å². The van der Waals surface area contributed by atoms with Gasteiger partial charge in [0, 0.05) is 29.3 Å². The lowest BCUT2D eigenvalue weighted by Gasteiger charge is -2.25.